The molecule has 1 aromatic carbocycles. The van der Waals surface area contributed by atoms with Gasteiger partial charge in [-0.25, -0.2) is 9.97 Å². The standard InChI is InChI=1S/C18H18N4O3/c1-24-15-5-3-13(9-16(15)25-2)10-21-18(23)14-4-6-17(20-11-14)22-8-7-19-12-22/h3-9,11-12H,10H2,1-2H3,(H,21,23). The molecule has 0 aliphatic carbocycles. The van der Waals surface area contributed by atoms with Crippen molar-refractivity contribution in [3.05, 3.63) is 66.4 Å². The number of aromatic nitrogens is 3. The summed E-state index contributed by atoms with van der Waals surface area (Å²) in [6.45, 7) is 0.377. The zero-order valence-corrected chi connectivity index (χ0v) is 14.0. The maximum absolute atomic E-state index is 12.3. The Labute approximate surface area is 145 Å². The van der Waals surface area contributed by atoms with Gasteiger partial charge < -0.3 is 14.8 Å². The summed E-state index contributed by atoms with van der Waals surface area (Å²) in [5, 5.41) is 2.86. The van der Waals surface area contributed by atoms with Gasteiger partial charge in [-0.15, -0.1) is 0 Å². The molecule has 0 fully saturated rings. The van der Waals surface area contributed by atoms with Crippen LogP contribution in [0.4, 0.5) is 0 Å². The Bertz CT molecular complexity index is 845. The van der Waals surface area contributed by atoms with E-state index in [9.17, 15) is 4.79 Å². The van der Waals surface area contributed by atoms with Gasteiger partial charge in [0.25, 0.3) is 5.91 Å². The minimum atomic E-state index is -0.195. The maximum Gasteiger partial charge on any atom is 0.253 e. The number of carbonyl (C=O) groups excluding carboxylic acids is 1. The van der Waals surface area contributed by atoms with Crippen molar-refractivity contribution >= 4 is 5.91 Å². The number of methoxy groups -OCH3 is 2. The van der Waals surface area contributed by atoms with Crippen LogP contribution in [0.2, 0.25) is 0 Å². The number of carbonyl (C=O) groups is 1. The SMILES string of the molecule is COc1ccc(CNC(=O)c2ccc(-n3ccnc3)nc2)cc1OC. The van der Waals surface area contributed by atoms with Crippen LogP contribution < -0.4 is 14.8 Å². The Morgan fingerprint density at radius 3 is 2.64 bits per heavy atom. The second-order valence-electron chi connectivity index (χ2n) is 5.25. The van der Waals surface area contributed by atoms with E-state index < -0.39 is 0 Å². The van der Waals surface area contributed by atoms with Crippen molar-refractivity contribution in [3.63, 3.8) is 0 Å². The third-order valence-corrected chi connectivity index (χ3v) is 3.68. The van der Waals surface area contributed by atoms with E-state index in [1.54, 1.807) is 55.8 Å². The fraction of sp³-hybridized carbons (Fsp3) is 0.167. The lowest BCUT2D eigenvalue weighted by molar-refractivity contribution is 0.0950. The molecule has 0 bridgehead atoms. The first-order chi connectivity index (χ1) is 12.2. The lowest BCUT2D eigenvalue weighted by Gasteiger charge is -2.10. The van der Waals surface area contributed by atoms with E-state index in [2.05, 4.69) is 15.3 Å². The Morgan fingerprint density at radius 1 is 1.16 bits per heavy atom. The number of pyridine rings is 1. The first-order valence-corrected chi connectivity index (χ1v) is 7.64. The van der Waals surface area contributed by atoms with Gasteiger partial charge in [0.1, 0.15) is 12.1 Å². The summed E-state index contributed by atoms with van der Waals surface area (Å²) in [4.78, 5) is 20.5. The fourth-order valence-electron chi connectivity index (χ4n) is 2.34. The molecule has 0 spiro atoms. The van der Waals surface area contributed by atoms with Crippen molar-refractivity contribution in [3.8, 4) is 17.3 Å². The molecule has 1 amide bonds. The molecule has 3 rings (SSSR count). The first kappa shape index (κ1) is 16.5. The molecule has 128 valence electrons. The first-order valence-electron chi connectivity index (χ1n) is 7.64. The summed E-state index contributed by atoms with van der Waals surface area (Å²) < 4.78 is 12.2. The van der Waals surface area contributed by atoms with Crippen LogP contribution in [0.15, 0.2) is 55.2 Å². The third-order valence-electron chi connectivity index (χ3n) is 3.68. The van der Waals surface area contributed by atoms with Gasteiger partial charge in [0.15, 0.2) is 11.5 Å². The van der Waals surface area contributed by atoms with Gasteiger partial charge in [-0.1, -0.05) is 6.07 Å². The summed E-state index contributed by atoms with van der Waals surface area (Å²) in [5.74, 6) is 1.78. The molecule has 0 aliphatic heterocycles. The lowest BCUT2D eigenvalue weighted by atomic mass is 10.2. The minimum absolute atomic E-state index is 0.195. The smallest absolute Gasteiger partial charge is 0.253 e. The largest absolute Gasteiger partial charge is 0.493 e. The van der Waals surface area contributed by atoms with Crippen molar-refractivity contribution in [2.45, 2.75) is 6.54 Å². The van der Waals surface area contributed by atoms with E-state index in [4.69, 9.17) is 9.47 Å². The van der Waals surface area contributed by atoms with Gasteiger partial charge in [0.2, 0.25) is 0 Å². The topological polar surface area (TPSA) is 78.3 Å². The number of rotatable bonds is 6. The van der Waals surface area contributed by atoms with Crippen molar-refractivity contribution in [2.75, 3.05) is 14.2 Å². The van der Waals surface area contributed by atoms with Gasteiger partial charge in [0.05, 0.1) is 19.8 Å². The normalized spacial score (nSPS) is 10.3. The van der Waals surface area contributed by atoms with Crippen LogP contribution in [0.1, 0.15) is 15.9 Å². The predicted octanol–water partition coefficient (Wildman–Crippen LogP) is 2.21. The van der Waals surface area contributed by atoms with Crippen LogP contribution in [0.5, 0.6) is 11.5 Å². The summed E-state index contributed by atoms with van der Waals surface area (Å²) in [6, 6.07) is 9.02. The molecule has 0 saturated heterocycles. The molecule has 3 aromatic rings. The second kappa shape index (κ2) is 7.48. The van der Waals surface area contributed by atoms with Crippen molar-refractivity contribution < 1.29 is 14.3 Å². The number of ether oxygens (including phenoxy) is 2. The van der Waals surface area contributed by atoms with Crippen molar-refractivity contribution in [2.24, 2.45) is 0 Å². The van der Waals surface area contributed by atoms with E-state index in [0.29, 0.717) is 29.4 Å². The molecule has 0 atom stereocenters. The molecule has 0 saturated carbocycles. The molecule has 2 aromatic heterocycles. The van der Waals surface area contributed by atoms with Gasteiger partial charge in [0, 0.05) is 25.1 Å². The van der Waals surface area contributed by atoms with E-state index >= 15 is 0 Å². The summed E-state index contributed by atoms with van der Waals surface area (Å²) in [5.41, 5.74) is 1.40. The Hall–Kier alpha value is -3.35. The Morgan fingerprint density at radius 2 is 2.00 bits per heavy atom. The molecule has 0 unspecified atom stereocenters. The Balaban J connectivity index is 1.64. The lowest BCUT2D eigenvalue weighted by Crippen LogP contribution is -2.23. The molecule has 2 heterocycles. The van der Waals surface area contributed by atoms with E-state index in [0.717, 1.165) is 5.56 Å². The van der Waals surface area contributed by atoms with E-state index in [-0.39, 0.29) is 5.91 Å². The highest BCUT2D eigenvalue weighted by Gasteiger charge is 2.09. The zero-order chi connectivity index (χ0) is 17.6. The highest BCUT2D eigenvalue weighted by atomic mass is 16.5. The van der Waals surface area contributed by atoms with Crippen LogP contribution in [-0.4, -0.2) is 34.7 Å². The van der Waals surface area contributed by atoms with Crippen LogP contribution in [0, 0.1) is 0 Å². The fourth-order valence-corrected chi connectivity index (χ4v) is 2.34. The molecule has 7 nitrogen and oxygen atoms in total. The maximum atomic E-state index is 12.3. The molecular weight excluding hydrogens is 320 g/mol. The van der Waals surface area contributed by atoms with Crippen LogP contribution >= 0.6 is 0 Å². The average molecular weight is 338 g/mol. The van der Waals surface area contributed by atoms with Crippen LogP contribution in [0.25, 0.3) is 5.82 Å². The minimum Gasteiger partial charge on any atom is -0.493 e. The van der Waals surface area contributed by atoms with Gasteiger partial charge in [-0.05, 0) is 29.8 Å². The number of amides is 1. The van der Waals surface area contributed by atoms with Crippen molar-refractivity contribution in [1.82, 2.24) is 19.9 Å². The number of hydrogen-bond donors (Lipinski definition) is 1. The summed E-state index contributed by atoms with van der Waals surface area (Å²) in [7, 11) is 3.16. The molecule has 25 heavy (non-hydrogen) atoms. The summed E-state index contributed by atoms with van der Waals surface area (Å²) >= 11 is 0. The van der Waals surface area contributed by atoms with Gasteiger partial charge >= 0.3 is 0 Å². The molecule has 7 heteroatoms. The molecule has 0 aliphatic rings. The van der Waals surface area contributed by atoms with Gasteiger partial charge in [-0.2, -0.15) is 0 Å². The molecule has 1 N–H and O–H groups in total. The molecule has 0 radical (unpaired) electrons. The third kappa shape index (κ3) is 3.77. The quantitative estimate of drug-likeness (QED) is 0.745. The van der Waals surface area contributed by atoms with Crippen LogP contribution in [-0.2, 0) is 6.54 Å². The van der Waals surface area contributed by atoms with E-state index in [1.165, 1.54) is 0 Å². The number of nitrogens with zero attached hydrogens (tertiary/aromatic N) is 3. The highest BCUT2D eigenvalue weighted by molar-refractivity contribution is 5.93. The van der Waals surface area contributed by atoms with Crippen LogP contribution in [0.3, 0.4) is 0 Å². The summed E-state index contributed by atoms with van der Waals surface area (Å²) in [6.07, 6.45) is 6.66. The predicted molar refractivity (Wildman–Crippen MR) is 92.1 cm³/mol. The van der Waals surface area contributed by atoms with Crippen molar-refractivity contribution in [1.29, 1.82) is 0 Å². The Kier molecular flexibility index (Phi) is 4.94. The average Bonchev–Trinajstić information content (AvgIpc) is 3.20. The monoisotopic (exact) mass is 338 g/mol. The number of nitrogens with one attached hydrogen (secondary N) is 1. The second-order valence-corrected chi connectivity index (χ2v) is 5.25. The zero-order valence-electron chi connectivity index (χ0n) is 14.0. The number of imidazole rings is 1. The van der Waals surface area contributed by atoms with E-state index in [1.807, 2.05) is 18.2 Å². The molecular formula is C18H18N4O3. The highest BCUT2D eigenvalue weighted by Crippen LogP contribution is 2.27. The van der Waals surface area contributed by atoms with Gasteiger partial charge in [-0.3, -0.25) is 9.36 Å². The number of hydrogen-bond acceptors (Lipinski definition) is 5. The number of benzene rings is 1.